The van der Waals surface area contributed by atoms with Crippen molar-refractivity contribution >= 4 is 17.5 Å². The van der Waals surface area contributed by atoms with Crippen molar-refractivity contribution < 1.29 is 4.79 Å². The van der Waals surface area contributed by atoms with E-state index in [1.165, 1.54) is 0 Å². The Bertz CT molecular complexity index is 654. The summed E-state index contributed by atoms with van der Waals surface area (Å²) in [6.07, 6.45) is 1.95. The first-order valence-corrected chi connectivity index (χ1v) is 6.22. The molecule has 0 spiro atoms. The van der Waals surface area contributed by atoms with E-state index in [0.717, 1.165) is 22.5 Å². The molecular weight excluding hydrogens is 240 g/mol. The first-order valence-electron chi connectivity index (χ1n) is 6.22. The molecule has 2 aromatic rings. The summed E-state index contributed by atoms with van der Waals surface area (Å²) in [5.41, 5.74) is 9.06. The minimum Gasteiger partial charge on any atom is -0.368 e. The number of rotatable bonds is 1. The number of hydrogen-bond donors (Lipinski definition) is 1. The van der Waals surface area contributed by atoms with E-state index in [0.29, 0.717) is 13.0 Å². The normalized spacial score (nSPS) is 13.7. The first-order chi connectivity index (χ1) is 9.20. The van der Waals surface area contributed by atoms with Gasteiger partial charge in [0.2, 0.25) is 11.9 Å². The Morgan fingerprint density at radius 3 is 2.95 bits per heavy atom. The fraction of sp³-hybridized carbons (Fsp3) is 0.214. The van der Waals surface area contributed by atoms with E-state index in [1.807, 2.05) is 31.2 Å². The molecule has 1 aliphatic heterocycles. The molecule has 1 aliphatic rings. The summed E-state index contributed by atoms with van der Waals surface area (Å²) in [5.74, 6) is 0.285. The van der Waals surface area contributed by atoms with Crippen molar-refractivity contribution in [1.29, 1.82) is 0 Å². The number of nitrogens with zero attached hydrogens (tertiary/aromatic N) is 3. The summed E-state index contributed by atoms with van der Waals surface area (Å²) in [6, 6.07) is 7.75. The topological polar surface area (TPSA) is 72.1 Å². The van der Waals surface area contributed by atoms with Gasteiger partial charge in [-0.1, -0.05) is 18.2 Å². The van der Waals surface area contributed by atoms with E-state index in [-0.39, 0.29) is 11.9 Å². The molecule has 0 bridgehead atoms. The molecule has 1 amide bonds. The van der Waals surface area contributed by atoms with Gasteiger partial charge in [-0.3, -0.25) is 4.79 Å². The van der Waals surface area contributed by atoms with Gasteiger partial charge in [-0.05, 0) is 13.0 Å². The third kappa shape index (κ3) is 1.83. The first kappa shape index (κ1) is 11.6. The Balaban J connectivity index is 2.30. The van der Waals surface area contributed by atoms with E-state index in [2.05, 4.69) is 9.97 Å². The van der Waals surface area contributed by atoms with Gasteiger partial charge in [0.05, 0.1) is 17.8 Å². The fourth-order valence-corrected chi connectivity index (χ4v) is 2.43. The maximum Gasteiger partial charge on any atom is 0.231 e. The summed E-state index contributed by atoms with van der Waals surface area (Å²) in [6.45, 7) is 2.59. The second kappa shape index (κ2) is 4.35. The SMILES string of the molecule is CCN1C(=O)Cc2cnc(N)nc2-c2ccccc21. The third-order valence-corrected chi connectivity index (χ3v) is 3.29. The minimum atomic E-state index is 0.0575. The van der Waals surface area contributed by atoms with Crippen molar-refractivity contribution in [2.45, 2.75) is 13.3 Å². The number of benzene rings is 1. The molecule has 0 aliphatic carbocycles. The number of likely N-dealkylation sites (N-methyl/N-ethyl adjacent to an activating group) is 1. The van der Waals surface area contributed by atoms with Crippen molar-refractivity contribution in [1.82, 2.24) is 9.97 Å². The van der Waals surface area contributed by atoms with Crippen molar-refractivity contribution in [2.75, 3.05) is 17.2 Å². The molecule has 0 unspecified atom stereocenters. The van der Waals surface area contributed by atoms with Gasteiger partial charge < -0.3 is 10.6 Å². The van der Waals surface area contributed by atoms with Crippen LogP contribution in [0.4, 0.5) is 11.6 Å². The van der Waals surface area contributed by atoms with Gasteiger partial charge in [0.15, 0.2) is 0 Å². The molecule has 0 saturated carbocycles. The van der Waals surface area contributed by atoms with Gasteiger partial charge >= 0.3 is 0 Å². The highest BCUT2D eigenvalue weighted by atomic mass is 16.2. The summed E-state index contributed by atoms with van der Waals surface area (Å²) < 4.78 is 0. The number of anilines is 2. The smallest absolute Gasteiger partial charge is 0.231 e. The largest absolute Gasteiger partial charge is 0.368 e. The predicted octanol–water partition coefficient (Wildman–Crippen LogP) is 1.63. The van der Waals surface area contributed by atoms with Gasteiger partial charge in [-0.2, -0.15) is 0 Å². The lowest BCUT2D eigenvalue weighted by molar-refractivity contribution is -0.117. The fourth-order valence-electron chi connectivity index (χ4n) is 2.43. The zero-order valence-corrected chi connectivity index (χ0v) is 10.6. The maximum atomic E-state index is 12.3. The summed E-state index contributed by atoms with van der Waals surface area (Å²) in [5, 5.41) is 0. The van der Waals surface area contributed by atoms with Crippen molar-refractivity contribution in [3.05, 3.63) is 36.0 Å². The molecule has 0 atom stereocenters. The van der Waals surface area contributed by atoms with Crippen LogP contribution in [0.1, 0.15) is 12.5 Å². The monoisotopic (exact) mass is 254 g/mol. The van der Waals surface area contributed by atoms with Crippen LogP contribution in [-0.4, -0.2) is 22.4 Å². The van der Waals surface area contributed by atoms with Crippen molar-refractivity contribution in [2.24, 2.45) is 0 Å². The third-order valence-electron chi connectivity index (χ3n) is 3.29. The molecular formula is C14H14N4O. The van der Waals surface area contributed by atoms with Gasteiger partial charge in [0.1, 0.15) is 0 Å². The summed E-state index contributed by atoms with van der Waals surface area (Å²) in [4.78, 5) is 22.4. The van der Waals surface area contributed by atoms with Gasteiger partial charge in [-0.15, -0.1) is 0 Å². The predicted molar refractivity (Wildman–Crippen MR) is 73.6 cm³/mol. The molecule has 5 nitrogen and oxygen atoms in total. The number of para-hydroxylation sites is 1. The van der Waals surface area contributed by atoms with Crippen molar-refractivity contribution in [3.8, 4) is 11.3 Å². The van der Waals surface area contributed by atoms with E-state index in [9.17, 15) is 4.79 Å². The highest BCUT2D eigenvalue weighted by Crippen LogP contribution is 2.35. The molecule has 1 aromatic heterocycles. The highest BCUT2D eigenvalue weighted by Gasteiger charge is 2.25. The zero-order chi connectivity index (χ0) is 13.4. The molecule has 5 heteroatoms. The number of carbonyl (C=O) groups is 1. The van der Waals surface area contributed by atoms with Crippen molar-refractivity contribution in [3.63, 3.8) is 0 Å². The standard InChI is InChI=1S/C14H14N4O/c1-2-18-11-6-4-3-5-10(11)13-9(7-12(18)19)8-16-14(15)17-13/h3-6,8H,2,7H2,1H3,(H2,15,16,17). The van der Waals surface area contributed by atoms with E-state index in [4.69, 9.17) is 5.73 Å². The highest BCUT2D eigenvalue weighted by molar-refractivity contribution is 6.01. The molecule has 3 rings (SSSR count). The molecule has 96 valence electrons. The average Bonchev–Trinajstić information content (AvgIpc) is 2.53. The molecule has 0 saturated heterocycles. The lowest BCUT2D eigenvalue weighted by atomic mass is 10.1. The summed E-state index contributed by atoms with van der Waals surface area (Å²) in [7, 11) is 0. The lowest BCUT2D eigenvalue weighted by Crippen LogP contribution is -2.31. The number of aromatic nitrogens is 2. The Kier molecular flexibility index (Phi) is 2.67. The van der Waals surface area contributed by atoms with Crippen LogP contribution >= 0.6 is 0 Å². The van der Waals surface area contributed by atoms with Gasteiger partial charge in [0.25, 0.3) is 0 Å². The van der Waals surface area contributed by atoms with Crippen LogP contribution in [0.15, 0.2) is 30.5 Å². The molecule has 2 N–H and O–H groups in total. The Labute approximate surface area is 111 Å². The van der Waals surface area contributed by atoms with Crippen LogP contribution in [0, 0.1) is 0 Å². The van der Waals surface area contributed by atoms with Crippen LogP contribution in [0.2, 0.25) is 0 Å². The van der Waals surface area contributed by atoms with E-state index < -0.39 is 0 Å². The van der Waals surface area contributed by atoms with Crippen LogP contribution < -0.4 is 10.6 Å². The second-order valence-electron chi connectivity index (χ2n) is 4.43. The molecule has 0 radical (unpaired) electrons. The number of nitrogen functional groups attached to an aromatic ring is 1. The van der Waals surface area contributed by atoms with Gasteiger partial charge in [-0.25, -0.2) is 9.97 Å². The Morgan fingerprint density at radius 1 is 1.37 bits per heavy atom. The number of carbonyl (C=O) groups excluding carboxylic acids is 1. The molecule has 19 heavy (non-hydrogen) atoms. The van der Waals surface area contributed by atoms with Crippen LogP contribution in [0.5, 0.6) is 0 Å². The number of amides is 1. The second-order valence-corrected chi connectivity index (χ2v) is 4.43. The number of hydrogen-bond acceptors (Lipinski definition) is 4. The lowest BCUT2D eigenvalue weighted by Gasteiger charge is -2.20. The van der Waals surface area contributed by atoms with Crippen LogP contribution in [0.3, 0.4) is 0 Å². The minimum absolute atomic E-state index is 0.0575. The number of fused-ring (bicyclic) bond motifs is 3. The average molecular weight is 254 g/mol. The zero-order valence-electron chi connectivity index (χ0n) is 10.6. The Hall–Kier alpha value is -2.43. The quantitative estimate of drug-likeness (QED) is 0.839. The molecule has 0 fully saturated rings. The summed E-state index contributed by atoms with van der Waals surface area (Å²) >= 11 is 0. The van der Waals surface area contributed by atoms with Gasteiger partial charge in [0, 0.05) is 23.9 Å². The van der Waals surface area contributed by atoms with Crippen LogP contribution in [0.25, 0.3) is 11.3 Å². The van der Waals surface area contributed by atoms with Crippen LogP contribution in [-0.2, 0) is 11.2 Å². The molecule has 1 aromatic carbocycles. The number of nitrogens with two attached hydrogens (primary N) is 1. The van der Waals surface area contributed by atoms with E-state index >= 15 is 0 Å². The maximum absolute atomic E-state index is 12.3. The van der Waals surface area contributed by atoms with E-state index in [1.54, 1.807) is 11.1 Å². The molecule has 2 heterocycles. The Morgan fingerprint density at radius 2 is 2.16 bits per heavy atom.